The Morgan fingerprint density at radius 2 is 1.36 bits per heavy atom. The van der Waals surface area contributed by atoms with E-state index in [1.807, 2.05) is 24.7 Å². The summed E-state index contributed by atoms with van der Waals surface area (Å²) in [5, 5.41) is 0. The van der Waals surface area contributed by atoms with E-state index >= 15 is 0 Å². The van der Waals surface area contributed by atoms with Crippen molar-refractivity contribution in [3.8, 4) is 0 Å². The van der Waals surface area contributed by atoms with Crippen molar-refractivity contribution in [2.24, 2.45) is 7.05 Å². The Labute approximate surface area is 165 Å². The number of hydrogen-bond acceptors (Lipinski definition) is 10. The number of halogens is 2. The van der Waals surface area contributed by atoms with Crippen LogP contribution in [0.1, 0.15) is 22.5 Å². The molecular formula is C14H20Cl2N4O8. The quantitative estimate of drug-likeness (QED) is 0.430. The van der Waals surface area contributed by atoms with E-state index in [0.29, 0.717) is 5.82 Å². The molecule has 2 rings (SSSR count). The van der Waals surface area contributed by atoms with Gasteiger partial charge < -0.3 is 5.73 Å². The van der Waals surface area contributed by atoms with Gasteiger partial charge in [-0.15, -0.1) is 20.5 Å². The molecule has 28 heavy (non-hydrogen) atoms. The van der Waals surface area contributed by atoms with Crippen molar-refractivity contribution in [3.63, 3.8) is 0 Å². The Morgan fingerprint density at radius 3 is 1.79 bits per heavy atom. The van der Waals surface area contributed by atoms with Crippen LogP contribution in [0.15, 0.2) is 24.7 Å². The van der Waals surface area contributed by atoms with E-state index < -0.39 is 20.5 Å². The van der Waals surface area contributed by atoms with Crippen LogP contribution in [0.2, 0.25) is 0 Å². The molecule has 2 heterocycles. The predicted octanol–water partition coefficient (Wildman–Crippen LogP) is -8.76. The van der Waals surface area contributed by atoms with Crippen LogP contribution in [-0.2, 0) is 13.6 Å². The third-order valence-corrected chi connectivity index (χ3v) is 3.32. The van der Waals surface area contributed by atoms with Crippen molar-refractivity contribution >= 4 is 5.82 Å². The van der Waals surface area contributed by atoms with Gasteiger partial charge in [0.05, 0.1) is 7.05 Å². The molecule has 0 aromatic carbocycles. The highest BCUT2D eigenvalue weighted by atomic mass is 35.7. The van der Waals surface area contributed by atoms with Crippen LogP contribution in [0.25, 0.3) is 0 Å². The second-order valence-electron chi connectivity index (χ2n) is 5.55. The predicted molar refractivity (Wildman–Crippen MR) is 69.8 cm³/mol. The van der Waals surface area contributed by atoms with E-state index in [1.54, 1.807) is 0 Å². The smallest absolute Gasteiger partial charge is 0.297 e. The molecule has 158 valence electrons. The number of pyridine rings is 1. The normalized spacial score (nSPS) is 11.1. The summed E-state index contributed by atoms with van der Waals surface area (Å²) in [6, 6.07) is 2.12. The number of anilines is 1. The number of nitrogens with zero attached hydrogens (tertiary/aromatic N) is 3. The Morgan fingerprint density at radius 1 is 0.893 bits per heavy atom. The van der Waals surface area contributed by atoms with Gasteiger partial charge in [0.2, 0.25) is 0 Å². The number of aryl methyl sites for hydroxylation is 4. The molecule has 0 unspecified atom stereocenters. The lowest BCUT2D eigenvalue weighted by Crippen LogP contribution is -2.68. The summed E-state index contributed by atoms with van der Waals surface area (Å²) < 4.78 is 72.1. The fourth-order valence-corrected chi connectivity index (χ4v) is 1.87. The minimum atomic E-state index is -4.94. The molecule has 0 bridgehead atoms. The molecule has 2 aromatic rings. The zero-order valence-electron chi connectivity index (χ0n) is 15.5. The fraction of sp³-hybridized carbons (Fsp3) is 0.357. The summed E-state index contributed by atoms with van der Waals surface area (Å²) >= 11 is 0. The maximum atomic E-state index is 8.49. The first-order valence-corrected chi connectivity index (χ1v) is 9.75. The summed E-state index contributed by atoms with van der Waals surface area (Å²) in [4.78, 5) is 4.34. The van der Waals surface area contributed by atoms with Gasteiger partial charge in [-0.1, -0.05) is 0 Å². The standard InChI is InChI=1S/C14H19N4.2ClHO4/c1-10-5-6-18(7-11(10)2)9-13-8-17(4)12(3)16-14(13)15;2*2-1(3,4)5/h5-8,15H,9H2,1-4H3;2*(H,2,3,4,5)/q+1;;/p-1. The van der Waals surface area contributed by atoms with Gasteiger partial charge >= 0.3 is 0 Å². The molecule has 0 amide bonds. The maximum Gasteiger partial charge on any atom is 0.297 e. The van der Waals surface area contributed by atoms with Gasteiger partial charge in [-0.05, 0) is 24.4 Å². The third kappa shape index (κ3) is 13.5. The number of nitrogens with two attached hydrogens (primary N) is 1. The van der Waals surface area contributed by atoms with Crippen molar-refractivity contribution in [3.05, 3.63) is 47.2 Å². The Hall–Kier alpha value is -1.71. The molecule has 0 saturated carbocycles. The molecule has 0 spiro atoms. The van der Waals surface area contributed by atoms with Crippen LogP contribution in [0.5, 0.6) is 0 Å². The Kier molecular flexibility index (Phi) is 10.1. The van der Waals surface area contributed by atoms with Gasteiger partial charge in [-0.25, -0.2) is 46.4 Å². The van der Waals surface area contributed by atoms with Crippen LogP contribution in [0.4, 0.5) is 5.82 Å². The van der Waals surface area contributed by atoms with E-state index in [-0.39, 0.29) is 0 Å². The molecule has 0 saturated heterocycles. The van der Waals surface area contributed by atoms with E-state index in [4.69, 9.17) is 43.0 Å². The molecule has 0 aliphatic rings. The van der Waals surface area contributed by atoms with Crippen molar-refractivity contribution < 1.29 is 66.9 Å². The van der Waals surface area contributed by atoms with Crippen LogP contribution >= 0.6 is 0 Å². The largest absolute Gasteiger partial charge is 0.362 e. The second kappa shape index (κ2) is 10.7. The second-order valence-corrected chi connectivity index (χ2v) is 7.06. The van der Waals surface area contributed by atoms with Gasteiger partial charge in [-0.2, -0.15) is 0 Å². The molecule has 0 atom stereocenters. The van der Waals surface area contributed by atoms with Crippen LogP contribution < -0.4 is 52.1 Å². The lowest BCUT2D eigenvalue weighted by atomic mass is 10.2. The van der Waals surface area contributed by atoms with Gasteiger partial charge in [0.25, 0.3) is 11.6 Å². The third-order valence-electron chi connectivity index (χ3n) is 3.32. The molecule has 0 aliphatic heterocycles. The summed E-state index contributed by atoms with van der Waals surface area (Å²) in [6.07, 6.45) is 6.25. The highest BCUT2D eigenvalue weighted by Crippen LogP contribution is 2.06. The lowest BCUT2D eigenvalue weighted by molar-refractivity contribution is -2.00. The molecule has 0 fully saturated rings. The number of nitrogen functional groups attached to an aromatic ring is 1. The first-order valence-electron chi connectivity index (χ1n) is 7.28. The van der Waals surface area contributed by atoms with Crippen molar-refractivity contribution in [1.29, 1.82) is 0 Å². The first-order chi connectivity index (χ1) is 12.5. The van der Waals surface area contributed by atoms with E-state index in [2.05, 4.69) is 41.9 Å². The topological polar surface area (TPSA) is 231 Å². The zero-order valence-corrected chi connectivity index (χ0v) is 17.0. The van der Waals surface area contributed by atoms with Gasteiger partial charge in [-0.3, -0.25) is 0 Å². The number of rotatable bonds is 2. The SMILES string of the molecule is Cc1cc[n+](Cc2c[n+](C)c(C)nc2N)cc1C.[O-][Cl+3]([O-])([O-])[O-].[O-][Cl+3]([O-])([O-])[O-]. The van der Waals surface area contributed by atoms with Crippen molar-refractivity contribution in [1.82, 2.24) is 4.98 Å². The Bertz CT molecular complexity index is 757. The van der Waals surface area contributed by atoms with E-state index in [1.165, 1.54) is 11.1 Å². The molecule has 0 aliphatic carbocycles. The van der Waals surface area contributed by atoms with Gasteiger partial charge in [0.15, 0.2) is 18.9 Å². The van der Waals surface area contributed by atoms with Crippen molar-refractivity contribution in [2.75, 3.05) is 5.73 Å². The molecule has 2 aromatic heterocycles. The summed E-state index contributed by atoms with van der Waals surface area (Å²) in [5.41, 5.74) is 9.58. The molecule has 2 N–H and O–H groups in total. The minimum Gasteiger partial charge on any atom is -0.362 e. The van der Waals surface area contributed by atoms with Gasteiger partial charge in [0, 0.05) is 18.6 Å². The van der Waals surface area contributed by atoms with Crippen LogP contribution in [0.3, 0.4) is 0 Å². The number of aromatic nitrogens is 3. The highest BCUT2D eigenvalue weighted by molar-refractivity contribution is 5.35. The minimum absolute atomic E-state index is 0.608. The lowest BCUT2D eigenvalue weighted by Gasteiger charge is -2.17. The van der Waals surface area contributed by atoms with Crippen LogP contribution in [-0.4, -0.2) is 4.98 Å². The molecular weight excluding hydrogens is 423 g/mol. The zero-order chi connectivity index (χ0) is 22.3. The maximum absolute atomic E-state index is 8.49. The summed E-state index contributed by atoms with van der Waals surface area (Å²) in [7, 11) is -7.91. The van der Waals surface area contributed by atoms with Gasteiger partial charge in [0.1, 0.15) is 11.8 Å². The average Bonchev–Trinajstić information content (AvgIpc) is 2.45. The molecule has 12 nitrogen and oxygen atoms in total. The van der Waals surface area contributed by atoms with E-state index in [0.717, 1.165) is 17.9 Å². The van der Waals surface area contributed by atoms with E-state index in [9.17, 15) is 0 Å². The van der Waals surface area contributed by atoms with Crippen LogP contribution in [0, 0.1) is 41.3 Å². The first kappa shape index (κ1) is 26.3. The summed E-state index contributed by atoms with van der Waals surface area (Å²) in [5.74, 6) is 1.53. The number of hydrogen-bond donors (Lipinski definition) is 1. The Balaban J connectivity index is 0.000000607. The monoisotopic (exact) mass is 442 g/mol. The van der Waals surface area contributed by atoms with Crippen molar-refractivity contribution in [2.45, 2.75) is 27.3 Å². The molecule has 14 heteroatoms. The summed E-state index contributed by atoms with van der Waals surface area (Å²) in [6.45, 7) is 6.92. The molecule has 0 radical (unpaired) electrons. The average molecular weight is 443 g/mol. The fourth-order valence-electron chi connectivity index (χ4n) is 1.87. The highest BCUT2D eigenvalue weighted by Gasteiger charge is 2.16.